The number of rotatable bonds is 6. The van der Waals surface area contributed by atoms with Gasteiger partial charge in [0.05, 0.1) is 30.7 Å². The van der Waals surface area contributed by atoms with Gasteiger partial charge in [0, 0.05) is 35.5 Å². The molecule has 0 radical (unpaired) electrons. The molecule has 2 aromatic rings. The van der Waals surface area contributed by atoms with Gasteiger partial charge in [-0.15, -0.1) is 5.10 Å². The van der Waals surface area contributed by atoms with Crippen LogP contribution < -0.4 is 10.6 Å². The predicted molar refractivity (Wildman–Crippen MR) is 125 cm³/mol. The lowest BCUT2D eigenvalue weighted by molar-refractivity contribution is 0.0131. The summed E-state index contributed by atoms with van der Waals surface area (Å²) in [5.74, 6) is 0.879. The van der Waals surface area contributed by atoms with Gasteiger partial charge in [-0.1, -0.05) is 24.3 Å². The van der Waals surface area contributed by atoms with E-state index in [2.05, 4.69) is 32.6 Å². The standard InChI is InChI=1S/C22H22ClN7O2/c1-3-26-19-9-15(23)5-4-14(19)8-17-13(2)27-21-18(10-24)20(25)28-30(21)22(17)29-11-16(12-29)32-7-6-31/h3-5,8-9,16,31H,1,6-7,11-12H2,2H3,(H2,25,28)/b14-8+,26-19?. The summed E-state index contributed by atoms with van der Waals surface area (Å²) in [6, 6.07) is 2.09. The normalized spacial score (nSPS) is 18.8. The van der Waals surface area contributed by atoms with Crippen molar-refractivity contribution in [1.82, 2.24) is 14.6 Å². The van der Waals surface area contributed by atoms with Crippen LogP contribution in [0.2, 0.25) is 0 Å². The number of aromatic nitrogens is 3. The van der Waals surface area contributed by atoms with Crippen molar-refractivity contribution in [3.8, 4) is 6.07 Å². The first-order chi connectivity index (χ1) is 15.5. The fourth-order valence-corrected chi connectivity index (χ4v) is 3.86. The number of anilines is 2. The van der Waals surface area contributed by atoms with Crippen molar-refractivity contribution in [3.05, 3.63) is 58.4 Å². The van der Waals surface area contributed by atoms with E-state index in [0.29, 0.717) is 35.2 Å². The third-order valence-corrected chi connectivity index (χ3v) is 5.46. The van der Waals surface area contributed by atoms with Crippen LogP contribution in [-0.2, 0) is 4.74 Å². The number of nitriles is 1. The maximum absolute atomic E-state index is 9.54. The molecule has 0 bridgehead atoms. The second-order valence-electron chi connectivity index (χ2n) is 7.32. The topological polar surface area (TPSA) is 125 Å². The van der Waals surface area contributed by atoms with Crippen LogP contribution in [0.5, 0.6) is 0 Å². The van der Waals surface area contributed by atoms with Gasteiger partial charge >= 0.3 is 0 Å². The van der Waals surface area contributed by atoms with Crippen molar-refractivity contribution in [2.75, 3.05) is 36.9 Å². The summed E-state index contributed by atoms with van der Waals surface area (Å²) < 4.78 is 7.24. The Hall–Kier alpha value is -3.45. The molecule has 0 aromatic carbocycles. The van der Waals surface area contributed by atoms with E-state index in [-0.39, 0.29) is 30.7 Å². The number of halogens is 1. The van der Waals surface area contributed by atoms with Gasteiger partial charge in [-0.2, -0.15) is 9.78 Å². The molecule has 1 aliphatic carbocycles. The van der Waals surface area contributed by atoms with Crippen LogP contribution in [0.4, 0.5) is 11.6 Å². The predicted octanol–water partition coefficient (Wildman–Crippen LogP) is 2.35. The Balaban J connectivity index is 1.87. The van der Waals surface area contributed by atoms with E-state index < -0.39 is 0 Å². The highest BCUT2D eigenvalue weighted by Gasteiger charge is 2.32. The molecule has 1 fully saturated rings. The van der Waals surface area contributed by atoms with Crippen molar-refractivity contribution in [2.45, 2.75) is 13.0 Å². The van der Waals surface area contributed by atoms with Crippen LogP contribution >= 0.6 is 11.6 Å². The molecule has 9 nitrogen and oxygen atoms in total. The van der Waals surface area contributed by atoms with E-state index in [9.17, 15) is 5.26 Å². The van der Waals surface area contributed by atoms with E-state index in [1.807, 2.05) is 19.1 Å². The van der Waals surface area contributed by atoms with Gasteiger partial charge in [0.2, 0.25) is 0 Å². The third kappa shape index (κ3) is 3.91. The van der Waals surface area contributed by atoms with Crippen LogP contribution in [0.15, 0.2) is 46.6 Å². The minimum atomic E-state index is -0.0263. The Morgan fingerprint density at radius 2 is 2.25 bits per heavy atom. The number of nitrogens with zero attached hydrogens (tertiary/aromatic N) is 6. The van der Waals surface area contributed by atoms with Crippen molar-refractivity contribution in [1.29, 1.82) is 5.26 Å². The molecule has 32 heavy (non-hydrogen) atoms. The molecule has 0 saturated carbocycles. The molecule has 0 spiro atoms. The number of aliphatic imine (C=N–C) groups is 1. The van der Waals surface area contributed by atoms with Gasteiger partial charge in [-0.3, -0.25) is 4.99 Å². The number of aliphatic hydroxyl groups excluding tert-OH is 1. The Morgan fingerprint density at radius 1 is 1.47 bits per heavy atom. The summed E-state index contributed by atoms with van der Waals surface area (Å²) in [5, 5.41) is 23.5. The van der Waals surface area contributed by atoms with Crippen molar-refractivity contribution >= 4 is 40.7 Å². The molecular formula is C22H22ClN7O2. The number of aliphatic hydroxyl groups is 1. The number of allylic oxidation sites excluding steroid dienone is 5. The molecule has 0 amide bonds. The molecule has 164 valence electrons. The first-order valence-corrected chi connectivity index (χ1v) is 10.4. The largest absolute Gasteiger partial charge is 0.394 e. The lowest BCUT2D eigenvalue weighted by Crippen LogP contribution is -2.53. The fourth-order valence-electron chi connectivity index (χ4n) is 3.69. The second kappa shape index (κ2) is 8.96. The summed E-state index contributed by atoms with van der Waals surface area (Å²) in [6.45, 7) is 7.02. The van der Waals surface area contributed by atoms with Crippen LogP contribution in [0, 0.1) is 18.3 Å². The molecule has 2 aliphatic rings. The van der Waals surface area contributed by atoms with Crippen molar-refractivity contribution in [2.24, 2.45) is 4.99 Å². The lowest BCUT2D eigenvalue weighted by Gasteiger charge is -2.41. The average Bonchev–Trinajstić information content (AvgIpc) is 3.05. The Morgan fingerprint density at radius 3 is 2.94 bits per heavy atom. The van der Waals surface area contributed by atoms with Gasteiger partial charge in [-0.05, 0) is 25.2 Å². The Kier molecular flexibility index (Phi) is 6.10. The maximum Gasteiger partial charge on any atom is 0.177 e. The van der Waals surface area contributed by atoms with Gasteiger partial charge in [0.1, 0.15) is 17.5 Å². The maximum atomic E-state index is 9.54. The third-order valence-electron chi connectivity index (χ3n) is 5.22. The van der Waals surface area contributed by atoms with E-state index in [1.165, 1.54) is 6.20 Å². The smallest absolute Gasteiger partial charge is 0.177 e. The molecule has 0 atom stereocenters. The van der Waals surface area contributed by atoms with Crippen LogP contribution in [0.1, 0.15) is 16.8 Å². The summed E-state index contributed by atoms with van der Waals surface area (Å²) in [7, 11) is 0. The second-order valence-corrected chi connectivity index (χ2v) is 7.76. The molecule has 3 N–H and O–H groups in total. The van der Waals surface area contributed by atoms with Crippen LogP contribution in [-0.4, -0.2) is 57.8 Å². The molecule has 1 aliphatic heterocycles. The van der Waals surface area contributed by atoms with Gasteiger partial charge < -0.3 is 20.5 Å². The lowest BCUT2D eigenvalue weighted by atomic mass is 10.0. The first-order valence-electron chi connectivity index (χ1n) is 9.99. The molecule has 10 heteroatoms. The molecule has 1 saturated heterocycles. The quantitative estimate of drug-likeness (QED) is 0.690. The molecule has 2 aromatic heterocycles. The first kappa shape index (κ1) is 21.8. The van der Waals surface area contributed by atoms with E-state index in [4.69, 9.17) is 27.2 Å². The molecule has 4 rings (SSSR count). The van der Waals surface area contributed by atoms with Crippen LogP contribution in [0.25, 0.3) is 11.7 Å². The zero-order valence-electron chi connectivity index (χ0n) is 17.5. The SMILES string of the molecule is C=CN=C1C=C(Cl)C=C/C1=C\c1c(C)nc2c(C#N)c(N)nn2c1N1CC(OCCO)C1. The number of hydrogen-bond donors (Lipinski definition) is 2. The highest BCUT2D eigenvalue weighted by Crippen LogP contribution is 2.33. The van der Waals surface area contributed by atoms with E-state index in [0.717, 1.165) is 17.0 Å². The van der Waals surface area contributed by atoms with Gasteiger partial charge in [0.25, 0.3) is 0 Å². The fraction of sp³-hybridized carbons (Fsp3) is 0.273. The number of fused-ring (bicyclic) bond motifs is 1. The molecule has 0 unspecified atom stereocenters. The number of aryl methyl sites for hydroxylation is 1. The van der Waals surface area contributed by atoms with Crippen molar-refractivity contribution < 1.29 is 9.84 Å². The minimum absolute atomic E-state index is 0.0104. The summed E-state index contributed by atoms with van der Waals surface area (Å²) in [5.41, 5.74) is 9.67. The minimum Gasteiger partial charge on any atom is -0.394 e. The average molecular weight is 452 g/mol. The highest BCUT2D eigenvalue weighted by atomic mass is 35.5. The number of nitrogens with two attached hydrogens (primary N) is 1. The zero-order chi connectivity index (χ0) is 22.8. The Labute approximate surface area is 190 Å². The van der Waals surface area contributed by atoms with E-state index in [1.54, 1.807) is 16.7 Å². The van der Waals surface area contributed by atoms with Crippen molar-refractivity contribution in [3.63, 3.8) is 0 Å². The van der Waals surface area contributed by atoms with Gasteiger partial charge in [-0.25, -0.2) is 4.98 Å². The monoisotopic (exact) mass is 451 g/mol. The number of ether oxygens (including phenoxy) is 1. The number of nitrogen functional groups attached to an aromatic ring is 1. The van der Waals surface area contributed by atoms with Gasteiger partial charge in [0.15, 0.2) is 11.5 Å². The molecular weight excluding hydrogens is 430 g/mol. The summed E-state index contributed by atoms with van der Waals surface area (Å²) in [6.07, 6.45) is 8.84. The van der Waals surface area contributed by atoms with Crippen LogP contribution in [0.3, 0.4) is 0 Å². The number of hydrogen-bond acceptors (Lipinski definition) is 8. The highest BCUT2D eigenvalue weighted by molar-refractivity contribution is 6.35. The molecule has 3 heterocycles. The Bertz CT molecular complexity index is 1240. The summed E-state index contributed by atoms with van der Waals surface area (Å²) in [4.78, 5) is 11.0. The van der Waals surface area contributed by atoms with E-state index >= 15 is 0 Å². The zero-order valence-corrected chi connectivity index (χ0v) is 18.2. The summed E-state index contributed by atoms with van der Waals surface area (Å²) >= 11 is 6.15.